The zero-order valence-corrected chi connectivity index (χ0v) is 13.1. The van der Waals surface area contributed by atoms with Crippen LogP contribution in [-0.4, -0.2) is 15.9 Å². The fraction of sp³-hybridized carbons (Fsp3) is 0.438. The van der Waals surface area contributed by atoms with Crippen molar-refractivity contribution >= 4 is 11.6 Å². The van der Waals surface area contributed by atoms with Crippen molar-refractivity contribution in [1.29, 1.82) is 0 Å². The summed E-state index contributed by atoms with van der Waals surface area (Å²) in [5, 5.41) is 2.76. The molecule has 112 valence electrons. The number of hydrogen-bond donors (Lipinski definition) is 1. The highest BCUT2D eigenvalue weighted by Crippen LogP contribution is 2.22. The first-order valence-corrected chi connectivity index (χ1v) is 7.00. The summed E-state index contributed by atoms with van der Waals surface area (Å²) in [5.74, 6) is 1.02. The molecule has 5 heteroatoms. The second-order valence-electron chi connectivity index (χ2n) is 6.36. The summed E-state index contributed by atoms with van der Waals surface area (Å²) in [6.45, 7) is 10.2. The van der Waals surface area contributed by atoms with Crippen molar-refractivity contribution in [1.82, 2.24) is 9.97 Å². The van der Waals surface area contributed by atoms with Crippen LogP contribution in [-0.2, 0) is 5.41 Å². The van der Waals surface area contributed by atoms with E-state index in [1.807, 2.05) is 40.7 Å². The first-order chi connectivity index (χ1) is 9.79. The molecular weight excluding hydrogens is 266 g/mol. The Labute approximate surface area is 124 Å². The average molecular weight is 287 g/mol. The van der Waals surface area contributed by atoms with E-state index in [1.54, 1.807) is 12.4 Å². The zero-order valence-electron chi connectivity index (χ0n) is 13.1. The topological polar surface area (TPSA) is 68.0 Å². The molecule has 0 atom stereocenters. The quantitative estimate of drug-likeness (QED) is 0.933. The summed E-state index contributed by atoms with van der Waals surface area (Å²) >= 11 is 0. The third kappa shape index (κ3) is 3.48. The summed E-state index contributed by atoms with van der Waals surface area (Å²) in [7, 11) is 0. The van der Waals surface area contributed by atoms with Crippen molar-refractivity contribution in [3.05, 3.63) is 41.9 Å². The van der Waals surface area contributed by atoms with Gasteiger partial charge >= 0.3 is 0 Å². The highest BCUT2D eigenvalue weighted by Gasteiger charge is 2.19. The average Bonchev–Trinajstić information content (AvgIpc) is 2.87. The van der Waals surface area contributed by atoms with Gasteiger partial charge in [-0.3, -0.25) is 4.79 Å². The van der Waals surface area contributed by atoms with Gasteiger partial charge < -0.3 is 9.73 Å². The van der Waals surface area contributed by atoms with Crippen LogP contribution < -0.4 is 5.32 Å². The van der Waals surface area contributed by atoms with Gasteiger partial charge in [0.2, 0.25) is 0 Å². The second-order valence-corrected chi connectivity index (χ2v) is 6.36. The maximum Gasteiger partial charge on any atom is 0.291 e. The molecule has 5 nitrogen and oxygen atoms in total. The van der Waals surface area contributed by atoms with E-state index in [2.05, 4.69) is 15.3 Å². The number of amides is 1. The Morgan fingerprint density at radius 1 is 1.24 bits per heavy atom. The molecule has 0 aromatic carbocycles. The lowest BCUT2D eigenvalue weighted by Crippen LogP contribution is -2.17. The van der Waals surface area contributed by atoms with E-state index < -0.39 is 0 Å². The van der Waals surface area contributed by atoms with Crippen LogP contribution in [0, 0.1) is 0 Å². The zero-order chi connectivity index (χ0) is 15.6. The number of rotatable bonds is 3. The molecule has 0 bridgehead atoms. The number of nitrogens with one attached hydrogen (secondary N) is 1. The summed E-state index contributed by atoms with van der Waals surface area (Å²) in [4.78, 5) is 20.8. The molecule has 2 aromatic rings. The van der Waals surface area contributed by atoms with Crippen molar-refractivity contribution in [2.24, 2.45) is 0 Å². The first kappa shape index (κ1) is 15.2. The molecule has 0 saturated heterocycles. The molecule has 0 unspecified atom stereocenters. The molecule has 0 spiro atoms. The lowest BCUT2D eigenvalue weighted by atomic mass is 9.96. The summed E-state index contributed by atoms with van der Waals surface area (Å²) in [5.41, 5.74) is 1.33. The number of nitrogens with zero attached hydrogens (tertiary/aromatic N) is 2. The lowest BCUT2D eigenvalue weighted by molar-refractivity contribution is 0.0995. The molecule has 2 rings (SSSR count). The van der Waals surface area contributed by atoms with E-state index in [0.29, 0.717) is 11.4 Å². The molecule has 0 aliphatic heterocycles. The van der Waals surface area contributed by atoms with Gasteiger partial charge in [-0.15, -0.1) is 0 Å². The number of hydrogen-bond acceptors (Lipinski definition) is 4. The Morgan fingerprint density at radius 3 is 2.38 bits per heavy atom. The van der Waals surface area contributed by atoms with Gasteiger partial charge in [0.15, 0.2) is 5.76 Å². The normalized spacial score (nSPS) is 11.7. The van der Waals surface area contributed by atoms with E-state index in [1.165, 1.54) is 6.26 Å². The standard InChI is InChI=1S/C16H21N3O2/c1-10(2)12-6-7-21-13(12)14(20)19-11-8-17-15(18-9-11)16(3,4)5/h6-10H,1-5H3,(H,19,20). The molecule has 1 N–H and O–H groups in total. The van der Waals surface area contributed by atoms with Crippen LogP contribution >= 0.6 is 0 Å². The van der Waals surface area contributed by atoms with Crippen molar-refractivity contribution in [3.8, 4) is 0 Å². The van der Waals surface area contributed by atoms with Gasteiger partial charge in [-0.1, -0.05) is 34.6 Å². The van der Waals surface area contributed by atoms with Crippen LogP contribution in [0.5, 0.6) is 0 Å². The molecule has 0 saturated carbocycles. The Kier molecular flexibility index (Phi) is 4.11. The maximum absolute atomic E-state index is 12.2. The van der Waals surface area contributed by atoms with Gasteiger partial charge in [-0.2, -0.15) is 0 Å². The van der Waals surface area contributed by atoms with Crippen molar-refractivity contribution in [2.75, 3.05) is 5.32 Å². The van der Waals surface area contributed by atoms with Gasteiger partial charge in [-0.25, -0.2) is 9.97 Å². The Hall–Kier alpha value is -2.17. The van der Waals surface area contributed by atoms with Crippen molar-refractivity contribution in [3.63, 3.8) is 0 Å². The molecule has 21 heavy (non-hydrogen) atoms. The number of aromatic nitrogens is 2. The molecule has 2 aromatic heterocycles. The first-order valence-electron chi connectivity index (χ1n) is 7.00. The van der Waals surface area contributed by atoms with E-state index in [4.69, 9.17) is 4.42 Å². The van der Waals surface area contributed by atoms with Crippen molar-refractivity contribution in [2.45, 2.75) is 46.0 Å². The minimum Gasteiger partial charge on any atom is -0.459 e. The van der Waals surface area contributed by atoms with Crippen LogP contribution in [0.2, 0.25) is 0 Å². The van der Waals surface area contributed by atoms with Crippen LogP contribution in [0.4, 0.5) is 5.69 Å². The third-order valence-electron chi connectivity index (χ3n) is 3.10. The predicted octanol–water partition coefficient (Wildman–Crippen LogP) is 3.74. The number of furan rings is 1. The third-order valence-corrected chi connectivity index (χ3v) is 3.10. The lowest BCUT2D eigenvalue weighted by Gasteiger charge is -2.16. The molecule has 0 aliphatic rings. The highest BCUT2D eigenvalue weighted by molar-refractivity contribution is 6.03. The summed E-state index contributed by atoms with van der Waals surface area (Å²) in [6, 6.07) is 1.82. The summed E-state index contributed by atoms with van der Waals surface area (Å²) < 4.78 is 5.29. The Morgan fingerprint density at radius 2 is 1.86 bits per heavy atom. The number of carbonyl (C=O) groups is 1. The van der Waals surface area contributed by atoms with E-state index in [9.17, 15) is 4.79 Å². The minimum atomic E-state index is -0.282. The molecule has 0 radical (unpaired) electrons. The fourth-order valence-electron chi connectivity index (χ4n) is 1.93. The van der Waals surface area contributed by atoms with Gasteiger partial charge in [0.1, 0.15) is 5.82 Å². The molecule has 0 aliphatic carbocycles. The van der Waals surface area contributed by atoms with Gasteiger partial charge in [-0.05, 0) is 12.0 Å². The number of carbonyl (C=O) groups excluding carboxylic acids is 1. The van der Waals surface area contributed by atoms with Gasteiger partial charge in [0.05, 0.1) is 24.3 Å². The Balaban J connectivity index is 2.15. The van der Waals surface area contributed by atoms with Gasteiger partial charge in [0.25, 0.3) is 5.91 Å². The Bertz CT molecular complexity index is 622. The summed E-state index contributed by atoms with van der Waals surface area (Å²) in [6.07, 6.45) is 4.76. The minimum absolute atomic E-state index is 0.117. The van der Waals surface area contributed by atoms with Crippen LogP contribution in [0.3, 0.4) is 0 Å². The second kappa shape index (κ2) is 5.68. The molecule has 0 fully saturated rings. The van der Waals surface area contributed by atoms with Gasteiger partial charge in [0, 0.05) is 11.0 Å². The van der Waals surface area contributed by atoms with Crippen molar-refractivity contribution < 1.29 is 9.21 Å². The monoisotopic (exact) mass is 287 g/mol. The molecular formula is C16H21N3O2. The maximum atomic E-state index is 12.2. The SMILES string of the molecule is CC(C)c1ccoc1C(=O)Nc1cnc(C(C)(C)C)nc1. The largest absolute Gasteiger partial charge is 0.459 e. The smallest absolute Gasteiger partial charge is 0.291 e. The van der Waals surface area contributed by atoms with Crippen LogP contribution in [0.1, 0.15) is 62.5 Å². The predicted molar refractivity (Wildman–Crippen MR) is 81.5 cm³/mol. The molecule has 2 heterocycles. The highest BCUT2D eigenvalue weighted by atomic mass is 16.3. The fourth-order valence-corrected chi connectivity index (χ4v) is 1.93. The van der Waals surface area contributed by atoms with E-state index in [0.717, 1.165) is 11.4 Å². The van der Waals surface area contributed by atoms with Crippen LogP contribution in [0.25, 0.3) is 0 Å². The number of anilines is 1. The van der Waals surface area contributed by atoms with Crippen LogP contribution in [0.15, 0.2) is 29.1 Å². The molecule has 1 amide bonds. The van der Waals surface area contributed by atoms with E-state index in [-0.39, 0.29) is 17.2 Å². The van der Waals surface area contributed by atoms with E-state index >= 15 is 0 Å².